The molecule has 2 N–H and O–H groups in total. The summed E-state index contributed by atoms with van der Waals surface area (Å²) in [6, 6.07) is 0.190. The van der Waals surface area contributed by atoms with Crippen LogP contribution in [-0.2, 0) is 4.79 Å². The van der Waals surface area contributed by atoms with Crippen LogP contribution in [0, 0.1) is 0 Å². The molecule has 1 amide bonds. The van der Waals surface area contributed by atoms with Crippen LogP contribution in [0.5, 0.6) is 0 Å². The molecule has 2 heterocycles. The molecule has 98 valence electrons. The number of piperazine rings is 1. The number of rotatable bonds is 3. The van der Waals surface area contributed by atoms with Gasteiger partial charge in [-0.2, -0.15) is 0 Å². The van der Waals surface area contributed by atoms with Gasteiger partial charge in [-0.25, -0.2) is 0 Å². The number of amides is 1. The van der Waals surface area contributed by atoms with E-state index in [4.69, 9.17) is 0 Å². The third-order valence-electron chi connectivity index (χ3n) is 3.77. The van der Waals surface area contributed by atoms with Crippen molar-refractivity contribution in [3.63, 3.8) is 0 Å². The molecule has 0 bridgehead atoms. The Bertz CT molecular complexity index is 254. The average molecular weight is 241 g/mol. The summed E-state index contributed by atoms with van der Waals surface area (Å²) < 4.78 is 0. The second-order valence-electron chi connectivity index (χ2n) is 4.93. The van der Waals surface area contributed by atoms with Crippen molar-refractivity contribution in [2.75, 3.05) is 45.9 Å². The number of carbonyl (C=O) groups excluding carboxylic acids is 1. The molecular weight excluding hydrogens is 218 g/mol. The van der Waals surface area contributed by atoms with E-state index in [-0.39, 0.29) is 18.6 Å². The van der Waals surface area contributed by atoms with E-state index in [1.165, 1.54) is 6.42 Å². The predicted octanol–water partition coefficient (Wildman–Crippen LogP) is -0.735. The second kappa shape index (κ2) is 6.33. The molecule has 2 rings (SSSR count). The Kier molecular flexibility index (Phi) is 4.76. The highest BCUT2D eigenvalue weighted by atomic mass is 16.3. The minimum absolute atomic E-state index is 0.175. The number of hydrogen-bond acceptors (Lipinski definition) is 4. The summed E-state index contributed by atoms with van der Waals surface area (Å²) in [7, 11) is 0. The molecule has 2 aliphatic heterocycles. The van der Waals surface area contributed by atoms with E-state index in [0.717, 1.165) is 45.6 Å². The van der Waals surface area contributed by atoms with Crippen LogP contribution in [0.4, 0.5) is 0 Å². The Morgan fingerprint density at radius 3 is 2.71 bits per heavy atom. The first-order chi connectivity index (χ1) is 8.31. The Balaban J connectivity index is 1.83. The molecule has 0 radical (unpaired) electrons. The van der Waals surface area contributed by atoms with E-state index >= 15 is 0 Å². The summed E-state index contributed by atoms with van der Waals surface area (Å²) in [6.07, 6.45) is 3.33. The third-order valence-corrected chi connectivity index (χ3v) is 3.77. The minimum atomic E-state index is 0.175. The summed E-state index contributed by atoms with van der Waals surface area (Å²) in [4.78, 5) is 16.2. The largest absolute Gasteiger partial charge is 0.395 e. The zero-order chi connectivity index (χ0) is 12.1. The molecule has 1 atom stereocenters. The summed E-state index contributed by atoms with van der Waals surface area (Å²) >= 11 is 0. The average Bonchev–Trinajstić information content (AvgIpc) is 2.40. The Hall–Kier alpha value is -0.650. The summed E-state index contributed by atoms with van der Waals surface area (Å²) in [5, 5.41) is 12.6. The Labute approximate surface area is 103 Å². The maximum absolute atomic E-state index is 12.1. The molecule has 0 saturated carbocycles. The van der Waals surface area contributed by atoms with Gasteiger partial charge in [0.25, 0.3) is 0 Å². The summed E-state index contributed by atoms with van der Waals surface area (Å²) in [5.74, 6) is 0.215. The van der Waals surface area contributed by atoms with Gasteiger partial charge in [-0.15, -0.1) is 0 Å². The number of aliphatic hydroxyl groups is 1. The highest BCUT2D eigenvalue weighted by Gasteiger charge is 2.25. The fraction of sp³-hybridized carbons (Fsp3) is 0.917. The topological polar surface area (TPSA) is 55.8 Å². The lowest BCUT2D eigenvalue weighted by molar-refractivity contribution is -0.134. The molecule has 2 fully saturated rings. The van der Waals surface area contributed by atoms with E-state index in [9.17, 15) is 9.90 Å². The van der Waals surface area contributed by atoms with Crippen molar-refractivity contribution < 1.29 is 9.90 Å². The number of likely N-dealkylation sites (tertiary alicyclic amines) is 1. The molecule has 17 heavy (non-hydrogen) atoms. The number of carbonyl (C=O) groups is 1. The highest BCUT2D eigenvalue weighted by Crippen LogP contribution is 2.16. The van der Waals surface area contributed by atoms with Crippen LogP contribution in [0.2, 0.25) is 0 Å². The van der Waals surface area contributed by atoms with Crippen LogP contribution in [0.1, 0.15) is 19.3 Å². The van der Waals surface area contributed by atoms with Gasteiger partial charge in [0.05, 0.1) is 13.2 Å². The monoisotopic (exact) mass is 241 g/mol. The van der Waals surface area contributed by atoms with E-state index in [0.29, 0.717) is 6.54 Å². The summed E-state index contributed by atoms with van der Waals surface area (Å²) in [6.45, 7) is 5.03. The van der Waals surface area contributed by atoms with Crippen LogP contribution in [-0.4, -0.2) is 72.7 Å². The van der Waals surface area contributed by atoms with Crippen molar-refractivity contribution in [1.82, 2.24) is 15.1 Å². The van der Waals surface area contributed by atoms with Gasteiger partial charge in [-0.05, 0) is 19.4 Å². The molecule has 0 aromatic carbocycles. The van der Waals surface area contributed by atoms with E-state index in [1.807, 2.05) is 4.90 Å². The molecule has 2 aliphatic rings. The van der Waals surface area contributed by atoms with E-state index < -0.39 is 0 Å². The standard InChI is InChI=1S/C12H23N3O2/c16-10-11-3-1-2-6-15(11)9-12(17)14-7-4-13-5-8-14/h11,13,16H,1-10H2. The van der Waals surface area contributed by atoms with Crippen molar-refractivity contribution in [1.29, 1.82) is 0 Å². The van der Waals surface area contributed by atoms with Gasteiger partial charge in [0.1, 0.15) is 0 Å². The molecule has 5 heteroatoms. The minimum Gasteiger partial charge on any atom is -0.395 e. The Morgan fingerprint density at radius 2 is 2.00 bits per heavy atom. The van der Waals surface area contributed by atoms with Crippen molar-refractivity contribution >= 4 is 5.91 Å². The van der Waals surface area contributed by atoms with Gasteiger partial charge in [0.15, 0.2) is 0 Å². The molecule has 0 aromatic heterocycles. The normalized spacial score (nSPS) is 27.1. The van der Waals surface area contributed by atoms with Crippen LogP contribution in [0.3, 0.4) is 0 Å². The molecule has 0 aromatic rings. The van der Waals surface area contributed by atoms with Crippen LogP contribution >= 0.6 is 0 Å². The maximum Gasteiger partial charge on any atom is 0.236 e. The number of piperidine rings is 1. The van der Waals surface area contributed by atoms with Crippen LogP contribution in [0.25, 0.3) is 0 Å². The maximum atomic E-state index is 12.1. The number of hydrogen-bond donors (Lipinski definition) is 2. The lowest BCUT2D eigenvalue weighted by Crippen LogP contribution is -2.52. The zero-order valence-corrected chi connectivity index (χ0v) is 10.4. The quantitative estimate of drug-likeness (QED) is 0.684. The van der Waals surface area contributed by atoms with Crippen molar-refractivity contribution in [2.45, 2.75) is 25.3 Å². The number of nitrogens with zero attached hydrogens (tertiary/aromatic N) is 2. The first kappa shape index (κ1) is 12.8. The molecule has 1 unspecified atom stereocenters. The predicted molar refractivity (Wildman–Crippen MR) is 65.7 cm³/mol. The molecule has 2 saturated heterocycles. The molecule has 0 spiro atoms. The highest BCUT2D eigenvalue weighted by molar-refractivity contribution is 5.78. The van der Waals surface area contributed by atoms with Crippen molar-refractivity contribution in [3.8, 4) is 0 Å². The molecule has 0 aliphatic carbocycles. The zero-order valence-electron chi connectivity index (χ0n) is 10.4. The number of nitrogens with one attached hydrogen (secondary N) is 1. The van der Waals surface area contributed by atoms with E-state index in [1.54, 1.807) is 0 Å². The Morgan fingerprint density at radius 1 is 1.24 bits per heavy atom. The van der Waals surface area contributed by atoms with Gasteiger partial charge < -0.3 is 15.3 Å². The lowest BCUT2D eigenvalue weighted by atomic mass is 10.0. The van der Waals surface area contributed by atoms with Gasteiger partial charge in [0, 0.05) is 32.2 Å². The van der Waals surface area contributed by atoms with Crippen LogP contribution < -0.4 is 5.32 Å². The third kappa shape index (κ3) is 3.40. The second-order valence-corrected chi connectivity index (χ2v) is 4.93. The number of aliphatic hydroxyl groups excluding tert-OH is 1. The first-order valence-electron chi connectivity index (χ1n) is 6.64. The summed E-state index contributed by atoms with van der Waals surface area (Å²) in [5.41, 5.74) is 0. The van der Waals surface area contributed by atoms with Crippen LogP contribution in [0.15, 0.2) is 0 Å². The first-order valence-corrected chi connectivity index (χ1v) is 6.64. The smallest absolute Gasteiger partial charge is 0.236 e. The van der Waals surface area contributed by atoms with Gasteiger partial charge >= 0.3 is 0 Å². The lowest BCUT2D eigenvalue weighted by Gasteiger charge is -2.36. The van der Waals surface area contributed by atoms with Gasteiger partial charge in [0.2, 0.25) is 5.91 Å². The van der Waals surface area contributed by atoms with E-state index in [2.05, 4.69) is 10.2 Å². The fourth-order valence-electron chi connectivity index (χ4n) is 2.66. The SMILES string of the molecule is O=C(CN1CCCCC1CO)N1CCNCC1. The fourth-order valence-corrected chi connectivity index (χ4v) is 2.66. The molecular formula is C12H23N3O2. The van der Waals surface area contributed by atoms with Crippen molar-refractivity contribution in [3.05, 3.63) is 0 Å². The van der Waals surface area contributed by atoms with Gasteiger partial charge in [-0.1, -0.05) is 6.42 Å². The molecule has 5 nitrogen and oxygen atoms in total. The van der Waals surface area contributed by atoms with Gasteiger partial charge in [-0.3, -0.25) is 9.69 Å². The van der Waals surface area contributed by atoms with Crippen molar-refractivity contribution in [2.24, 2.45) is 0 Å².